The molecule has 1 spiro atoms. The first-order valence-corrected chi connectivity index (χ1v) is 14.2. The predicted molar refractivity (Wildman–Crippen MR) is 142 cm³/mol. The van der Waals surface area contributed by atoms with Gasteiger partial charge < -0.3 is 9.05 Å². The Labute approximate surface area is 219 Å². The molecule has 0 unspecified atom stereocenters. The van der Waals surface area contributed by atoms with E-state index in [0.29, 0.717) is 21.5 Å². The SMILES string of the molecule is O=P1(O)Oc2c(-c3ccc(Cl)cc3)ccc3c2C2(CC3)CCc3ccc(-c4ccc(Cl)cc4)c(c32)O1. The molecule has 1 aliphatic heterocycles. The molecule has 0 saturated carbocycles. The summed E-state index contributed by atoms with van der Waals surface area (Å²) in [5, 5.41) is 1.25. The fourth-order valence-electron chi connectivity index (χ4n) is 6.31. The molecule has 4 aromatic carbocycles. The van der Waals surface area contributed by atoms with Crippen LogP contribution >= 0.6 is 31.0 Å². The summed E-state index contributed by atoms with van der Waals surface area (Å²) in [6.45, 7) is 0. The van der Waals surface area contributed by atoms with Crippen molar-refractivity contribution in [1.29, 1.82) is 0 Å². The zero-order chi connectivity index (χ0) is 24.7. The maximum Gasteiger partial charge on any atom is 0.584 e. The van der Waals surface area contributed by atoms with Crippen molar-refractivity contribution in [3.63, 3.8) is 0 Å². The molecule has 0 radical (unpaired) electrons. The van der Waals surface area contributed by atoms with E-state index in [1.165, 1.54) is 0 Å². The van der Waals surface area contributed by atoms with E-state index >= 15 is 0 Å². The van der Waals surface area contributed by atoms with E-state index in [1.807, 2.05) is 60.7 Å². The van der Waals surface area contributed by atoms with Crippen LogP contribution in [0.25, 0.3) is 22.3 Å². The van der Waals surface area contributed by atoms with Gasteiger partial charge in [0, 0.05) is 37.7 Å². The molecule has 3 aliphatic rings. The number of hydrogen-bond donors (Lipinski definition) is 1. The number of halogens is 2. The van der Waals surface area contributed by atoms with Gasteiger partial charge in [0.1, 0.15) is 11.5 Å². The number of rotatable bonds is 2. The van der Waals surface area contributed by atoms with Crippen molar-refractivity contribution in [2.45, 2.75) is 31.1 Å². The van der Waals surface area contributed by atoms with Crippen LogP contribution < -0.4 is 9.05 Å². The first-order chi connectivity index (χ1) is 17.3. The van der Waals surface area contributed by atoms with Gasteiger partial charge in [-0.3, -0.25) is 4.89 Å². The summed E-state index contributed by atoms with van der Waals surface area (Å²) in [5.74, 6) is 0.877. The molecule has 1 N–H and O–H groups in total. The van der Waals surface area contributed by atoms with Crippen LogP contribution in [0.3, 0.4) is 0 Å². The van der Waals surface area contributed by atoms with E-state index in [4.69, 9.17) is 32.2 Å². The molecule has 36 heavy (non-hydrogen) atoms. The normalized spacial score (nSPS) is 17.9. The number of hydrogen-bond acceptors (Lipinski definition) is 3. The van der Waals surface area contributed by atoms with Crippen LogP contribution in [0.4, 0.5) is 0 Å². The highest BCUT2D eigenvalue weighted by Gasteiger charge is 2.52. The molecule has 1 heterocycles. The van der Waals surface area contributed by atoms with Gasteiger partial charge in [-0.05, 0) is 72.2 Å². The summed E-state index contributed by atoms with van der Waals surface area (Å²) in [6.07, 6.45) is 3.52. The van der Waals surface area contributed by atoms with Crippen molar-refractivity contribution in [3.8, 4) is 33.8 Å². The van der Waals surface area contributed by atoms with Gasteiger partial charge in [0.25, 0.3) is 0 Å². The summed E-state index contributed by atoms with van der Waals surface area (Å²) < 4.78 is 25.5. The molecule has 7 rings (SSSR count). The van der Waals surface area contributed by atoms with Gasteiger partial charge in [0.05, 0.1) is 0 Å². The molecule has 0 fully saturated rings. The van der Waals surface area contributed by atoms with Gasteiger partial charge in [0.2, 0.25) is 0 Å². The number of phosphoric ester groups is 1. The summed E-state index contributed by atoms with van der Waals surface area (Å²) >= 11 is 12.3. The lowest BCUT2D eigenvalue weighted by Crippen LogP contribution is -2.25. The van der Waals surface area contributed by atoms with Crippen molar-refractivity contribution < 1.29 is 18.5 Å². The van der Waals surface area contributed by atoms with Gasteiger partial charge >= 0.3 is 7.82 Å². The summed E-state index contributed by atoms with van der Waals surface area (Å²) in [5.41, 5.74) is 7.25. The zero-order valence-electron chi connectivity index (χ0n) is 19.1. The second kappa shape index (κ2) is 7.87. The number of phosphoric acid groups is 1. The summed E-state index contributed by atoms with van der Waals surface area (Å²) in [7, 11) is -4.53. The quantitative estimate of drug-likeness (QED) is 0.262. The lowest BCUT2D eigenvalue weighted by Gasteiger charge is -2.34. The summed E-state index contributed by atoms with van der Waals surface area (Å²) in [6, 6.07) is 23.1. The second-order valence-corrected chi connectivity index (χ2v) is 11.9. The largest absolute Gasteiger partial charge is 0.584 e. The highest BCUT2D eigenvalue weighted by Crippen LogP contribution is 2.65. The van der Waals surface area contributed by atoms with Crippen molar-refractivity contribution in [3.05, 3.63) is 105 Å². The zero-order valence-corrected chi connectivity index (χ0v) is 21.5. The second-order valence-electron chi connectivity index (χ2n) is 9.70. The standard InChI is InChI=1S/C29H21Cl2O4P/c30-21-7-1-17(2-8-21)23-11-5-19-13-15-29-16-14-20-6-12-24(18-3-9-22(31)10-4-18)28(26(20)29)35-36(32,33)34-27(23)25(19)29/h1-12H,13-16H2,(H,32,33). The van der Waals surface area contributed by atoms with Crippen LogP contribution in [0.15, 0.2) is 72.8 Å². The average molecular weight is 535 g/mol. The molecule has 4 aromatic rings. The molecule has 0 atom stereocenters. The topological polar surface area (TPSA) is 55.8 Å². The van der Waals surface area contributed by atoms with Crippen LogP contribution in [-0.2, 0) is 22.8 Å². The summed E-state index contributed by atoms with van der Waals surface area (Å²) in [4.78, 5) is 11.1. The minimum absolute atomic E-state index is 0.347. The highest BCUT2D eigenvalue weighted by molar-refractivity contribution is 7.48. The molecule has 0 amide bonds. The number of aryl methyl sites for hydroxylation is 2. The molecule has 0 aromatic heterocycles. The first-order valence-electron chi connectivity index (χ1n) is 11.9. The van der Waals surface area contributed by atoms with Crippen molar-refractivity contribution in [1.82, 2.24) is 0 Å². The van der Waals surface area contributed by atoms with Crippen LogP contribution in [0, 0.1) is 0 Å². The van der Waals surface area contributed by atoms with E-state index in [2.05, 4.69) is 12.1 Å². The van der Waals surface area contributed by atoms with Gasteiger partial charge in [-0.15, -0.1) is 0 Å². The molecular formula is C29H21Cl2O4P. The third kappa shape index (κ3) is 3.29. The molecule has 0 saturated heterocycles. The molecule has 4 nitrogen and oxygen atoms in total. The molecule has 180 valence electrons. The highest BCUT2D eigenvalue weighted by atomic mass is 35.5. The Morgan fingerprint density at radius 2 is 1.08 bits per heavy atom. The van der Waals surface area contributed by atoms with E-state index in [9.17, 15) is 9.46 Å². The monoisotopic (exact) mass is 534 g/mol. The van der Waals surface area contributed by atoms with Crippen LogP contribution in [0.1, 0.15) is 35.1 Å². The van der Waals surface area contributed by atoms with Crippen LogP contribution in [0.2, 0.25) is 10.0 Å². The van der Waals surface area contributed by atoms with Gasteiger partial charge in [0.15, 0.2) is 0 Å². The Bertz CT molecular complexity index is 1480. The van der Waals surface area contributed by atoms with E-state index in [0.717, 1.165) is 70.2 Å². The Kier molecular flexibility index (Phi) is 4.91. The average Bonchev–Trinajstić information content (AvgIpc) is 3.42. The van der Waals surface area contributed by atoms with Crippen molar-refractivity contribution in [2.75, 3.05) is 0 Å². The Morgan fingerprint density at radius 3 is 1.50 bits per heavy atom. The van der Waals surface area contributed by atoms with E-state index in [-0.39, 0.29) is 5.41 Å². The van der Waals surface area contributed by atoms with Gasteiger partial charge in [-0.1, -0.05) is 71.7 Å². The molecule has 0 bridgehead atoms. The Hall–Kier alpha value is -2.75. The number of benzene rings is 4. The molecule has 2 aliphatic carbocycles. The maximum absolute atomic E-state index is 13.6. The minimum Gasteiger partial charge on any atom is -0.394 e. The lowest BCUT2D eigenvalue weighted by atomic mass is 9.74. The third-order valence-corrected chi connectivity index (χ3v) is 9.14. The van der Waals surface area contributed by atoms with Crippen molar-refractivity contribution >= 4 is 31.0 Å². The Morgan fingerprint density at radius 1 is 0.667 bits per heavy atom. The molecular weight excluding hydrogens is 514 g/mol. The van der Waals surface area contributed by atoms with Crippen LogP contribution in [0.5, 0.6) is 11.5 Å². The maximum atomic E-state index is 13.6. The fraction of sp³-hybridized carbons (Fsp3) is 0.172. The molecule has 7 heteroatoms. The predicted octanol–water partition coefficient (Wildman–Crippen LogP) is 8.38. The van der Waals surface area contributed by atoms with Gasteiger partial charge in [-0.25, -0.2) is 4.57 Å². The van der Waals surface area contributed by atoms with E-state index in [1.54, 1.807) is 0 Å². The third-order valence-electron chi connectivity index (χ3n) is 7.81. The van der Waals surface area contributed by atoms with Crippen LogP contribution in [-0.4, -0.2) is 4.89 Å². The Balaban J connectivity index is 1.53. The first kappa shape index (κ1) is 22.4. The van der Waals surface area contributed by atoms with E-state index < -0.39 is 7.82 Å². The van der Waals surface area contributed by atoms with Gasteiger partial charge in [-0.2, -0.15) is 0 Å². The smallest absolute Gasteiger partial charge is 0.394 e. The fourth-order valence-corrected chi connectivity index (χ4v) is 7.44. The lowest BCUT2D eigenvalue weighted by molar-refractivity contribution is 0.281. The minimum atomic E-state index is -4.53. The van der Waals surface area contributed by atoms with Crippen molar-refractivity contribution in [2.24, 2.45) is 0 Å².